The van der Waals surface area contributed by atoms with Gasteiger partial charge in [-0.05, 0) is 31.1 Å². The Bertz CT molecular complexity index is 467. The van der Waals surface area contributed by atoms with Crippen LogP contribution in [0.4, 0.5) is 0 Å². The van der Waals surface area contributed by atoms with E-state index >= 15 is 0 Å². The molecule has 6 heteroatoms. The van der Waals surface area contributed by atoms with Gasteiger partial charge in [0, 0.05) is 24.5 Å². The summed E-state index contributed by atoms with van der Waals surface area (Å²) in [5, 5.41) is 3.09. The zero-order valence-electron chi connectivity index (χ0n) is 12.8. The van der Waals surface area contributed by atoms with Gasteiger partial charge in [0.2, 0.25) is 15.9 Å². The van der Waals surface area contributed by atoms with Crippen molar-refractivity contribution in [2.45, 2.75) is 71.0 Å². The zero-order valence-corrected chi connectivity index (χ0v) is 13.7. The molecule has 2 aliphatic rings. The Balaban J connectivity index is 1.95. The minimum atomic E-state index is -3.12. The van der Waals surface area contributed by atoms with Gasteiger partial charge in [0.15, 0.2) is 0 Å². The quantitative estimate of drug-likeness (QED) is 0.859. The molecule has 2 rings (SSSR count). The fraction of sp³-hybridized carbons (Fsp3) is 0.929. The molecule has 0 radical (unpaired) electrons. The number of carbonyl (C=O) groups excluding carboxylic acids is 1. The number of amides is 1. The molecule has 1 amide bonds. The van der Waals surface area contributed by atoms with E-state index in [2.05, 4.69) is 5.32 Å². The smallest absolute Gasteiger partial charge is 0.220 e. The molecule has 0 aromatic carbocycles. The fourth-order valence-electron chi connectivity index (χ4n) is 3.55. The van der Waals surface area contributed by atoms with Gasteiger partial charge in [-0.25, -0.2) is 8.42 Å². The van der Waals surface area contributed by atoms with Crippen molar-refractivity contribution in [3.05, 3.63) is 0 Å². The van der Waals surface area contributed by atoms with Crippen LogP contribution in [0.3, 0.4) is 0 Å². The second-order valence-electron chi connectivity index (χ2n) is 7.45. The molecule has 2 unspecified atom stereocenters. The van der Waals surface area contributed by atoms with E-state index in [4.69, 9.17) is 0 Å². The summed E-state index contributed by atoms with van der Waals surface area (Å²) < 4.78 is 25.3. The minimum Gasteiger partial charge on any atom is -0.353 e. The van der Waals surface area contributed by atoms with Crippen molar-refractivity contribution >= 4 is 15.9 Å². The Labute approximate surface area is 122 Å². The van der Waals surface area contributed by atoms with Crippen LogP contribution in [0.1, 0.15) is 52.9 Å². The lowest BCUT2D eigenvalue weighted by Crippen LogP contribution is -2.52. The first-order chi connectivity index (χ1) is 9.06. The van der Waals surface area contributed by atoms with Gasteiger partial charge in [-0.2, -0.15) is 4.31 Å². The molecule has 0 aromatic rings. The lowest BCUT2D eigenvalue weighted by Gasteiger charge is -2.37. The van der Waals surface area contributed by atoms with Crippen LogP contribution in [0.15, 0.2) is 0 Å². The second kappa shape index (κ2) is 5.30. The average molecular weight is 302 g/mol. The zero-order chi connectivity index (χ0) is 15.1. The Morgan fingerprint density at radius 3 is 2.10 bits per heavy atom. The molecule has 0 aliphatic carbocycles. The maximum absolute atomic E-state index is 12.0. The van der Waals surface area contributed by atoms with Crippen LogP contribution in [0, 0.1) is 5.41 Å². The molecule has 2 aliphatic heterocycles. The number of hydrogen-bond acceptors (Lipinski definition) is 3. The number of fused-ring (bicyclic) bond motifs is 2. The molecule has 2 saturated heterocycles. The summed E-state index contributed by atoms with van der Waals surface area (Å²) in [4.78, 5) is 12.0. The maximum atomic E-state index is 12.0. The molecule has 20 heavy (non-hydrogen) atoms. The number of nitrogens with zero attached hydrogens (tertiary/aromatic N) is 1. The highest BCUT2D eigenvalue weighted by atomic mass is 32.2. The summed E-state index contributed by atoms with van der Waals surface area (Å²) in [7, 11) is -3.12. The minimum absolute atomic E-state index is 0.0173. The second-order valence-corrected chi connectivity index (χ2v) is 9.34. The monoisotopic (exact) mass is 302 g/mol. The molecule has 0 aromatic heterocycles. The first-order valence-corrected chi connectivity index (χ1v) is 9.19. The van der Waals surface area contributed by atoms with E-state index in [1.165, 1.54) is 6.26 Å². The van der Waals surface area contributed by atoms with E-state index in [-0.39, 0.29) is 29.4 Å². The third-order valence-electron chi connectivity index (χ3n) is 4.11. The van der Waals surface area contributed by atoms with Crippen molar-refractivity contribution in [2.75, 3.05) is 6.26 Å². The molecule has 116 valence electrons. The number of nitrogens with one attached hydrogen (secondary N) is 1. The molecule has 2 bridgehead atoms. The van der Waals surface area contributed by atoms with Crippen molar-refractivity contribution in [1.29, 1.82) is 0 Å². The predicted octanol–water partition coefficient (Wildman–Crippen LogP) is 1.49. The highest BCUT2D eigenvalue weighted by molar-refractivity contribution is 7.88. The van der Waals surface area contributed by atoms with Crippen LogP contribution in [-0.4, -0.2) is 43.0 Å². The largest absolute Gasteiger partial charge is 0.353 e. The van der Waals surface area contributed by atoms with Crippen LogP contribution in [-0.2, 0) is 14.8 Å². The lowest BCUT2D eigenvalue weighted by molar-refractivity contribution is -0.123. The van der Waals surface area contributed by atoms with Crippen LogP contribution in [0.5, 0.6) is 0 Å². The molecule has 2 heterocycles. The summed E-state index contributed by atoms with van der Waals surface area (Å²) in [5.74, 6) is 0.0784. The molecular weight excluding hydrogens is 276 g/mol. The normalized spacial score (nSPS) is 31.3. The Morgan fingerprint density at radius 2 is 1.70 bits per heavy atom. The molecule has 0 spiro atoms. The number of carbonyl (C=O) groups is 1. The molecule has 0 saturated carbocycles. The first kappa shape index (κ1) is 15.8. The third-order valence-corrected chi connectivity index (χ3v) is 5.47. The molecule has 1 N–H and O–H groups in total. The SMILES string of the molecule is CC(C)(C)CC(=O)NC1CC2CCC(C1)N2S(C)(=O)=O. The van der Waals surface area contributed by atoms with Crippen LogP contribution in [0.2, 0.25) is 0 Å². The van der Waals surface area contributed by atoms with E-state index in [1.54, 1.807) is 4.31 Å². The maximum Gasteiger partial charge on any atom is 0.220 e. The first-order valence-electron chi connectivity index (χ1n) is 7.34. The van der Waals surface area contributed by atoms with Crippen molar-refractivity contribution in [3.63, 3.8) is 0 Å². The van der Waals surface area contributed by atoms with E-state index in [0.717, 1.165) is 25.7 Å². The Hall–Kier alpha value is -0.620. The predicted molar refractivity (Wildman–Crippen MR) is 78.7 cm³/mol. The van der Waals surface area contributed by atoms with Gasteiger partial charge in [-0.1, -0.05) is 20.8 Å². The lowest BCUT2D eigenvalue weighted by atomic mass is 9.91. The van der Waals surface area contributed by atoms with Gasteiger partial charge in [0.1, 0.15) is 0 Å². The van der Waals surface area contributed by atoms with Crippen LogP contribution < -0.4 is 5.32 Å². The highest BCUT2D eigenvalue weighted by Crippen LogP contribution is 2.37. The highest BCUT2D eigenvalue weighted by Gasteiger charge is 2.45. The van der Waals surface area contributed by atoms with E-state index in [9.17, 15) is 13.2 Å². The fourth-order valence-corrected chi connectivity index (χ4v) is 5.02. The summed E-state index contributed by atoms with van der Waals surface area (Å²) >= 11 is 0. The number of sulfonamides is 1. The van der Waals surface area contributed by atoms with Gasteiger partial charge in [0.25, 0.3) is 0 Å². The van der Waals surface area contributed by atoms with E-state index in [1.807, 2.05) is 20.8 Å². The van der Waals surface area contributed by atoms with E-state index < -0.39 is 10.0 Å². The topological polar surface area (TPSA) is 66.5 Å². The number of piperidine rings is 1. The molecule has 2 fully saturated rings. The van der Waals surface area contributed by atoms with Crippen molar-refractivity contribution < 1.29 is 13.2 Å². The van der Waals surface area contributed by atoms with Gasteiger partial charge >= 0.3 is 0 Å². The van der Waals surface area contributed by atoms with Gasteiger partial charge in [0.05, 0.1) is 6.26 Å². The molecular formula is C14H26N2O3S. The summed E-state index contributed by atoms with van der Waals surface area (Å²) in [6.45, 7) is 6.13. The van der Waals surface area contributed by atoms with Gasteiger partial charge in [-0.3, -0.25) is 4.79 Å². The number of rotatable bonds is 3. The molecule has 2 atom stereocenters. The Morgan fingerprint density at radius 1 is 1.20 bits per heavy atom. The van der Waals surface area contributed by atoms with Crippen molar-refractivity contribution in [2.24, 2.45) is 5.41 Å². The van der Waals surface area contributed by atoms with Crippen molar-refractivity contribution in [1.82, 2.24) is 9.62 Å². The third kappa shape index (κ3) is 3.73. The van der Waals surface area contributed by atoms with Crippen molar-refractivity contribution in [3.8, 4) is 0 Å². The number of hydrogen-bond donors (Lipinski definition) is 1. The Kier molecular flexibility index (Phi) is 4.17. The van der Waals surface area contributed by atoms with Gasteiger partial charge < -0.3 is 5.32 Å². The summed E-state index contributed by atoms with van der Waals surface area (Å²) in [5.41, 5.74) is -0.0173. The van der Waals surface area contributed by atoms with Crippen LogP contribution in [0.25, 0.3) is 0 Å². The average Bonchev–Trinajstić information content (AvgIpc) is 2.48. The molecule has 5 nitrogen and oxygen atoms in total. The van der Waals surface area contributed by atoms with E-state index in [0.29, 0.717) is 6.42 Å². The summed E-state index contributed by atoms with van der Waals surface area (Å²) in [6.07, 6.45) is 5.14. The van der Waals surface area contributed by atoms with Gasteiger partial charge in [-0.15, -0.1) is 0 Å². The van der Waals surface area contributed by atoms with Crippen LogP contribution >= 0.6 is 0 Å². The summed E-state index contributed by atoms with van der Waals surface area (Å²) in [6, 6.07) is 0.271. The standard InChI is InChI=1S/C14H26N2O3S/c1-14(2,3)9-13(17)15-10-7-11-5-6-12(8-10)16(11)20(4,18)19/h10-12H,5-9H2,1-4H3,(H,15,17).